The quantitative estimate of drug-likeness (QED) is 0.283. The number of anilines is 2. The molecule has 0 saturated carbocycles. The van der Waals surface area contributed by atoms with E-state index in [1.54, 1.807) is 24.3 Å². The lowest BCUT2D eigenvalue weighted by molar-refractivity contribution is 0.459. The minimum absolute atomic E-state index is 0.263. The van der Waals surface area contributed by atoms with Crippen molar-refractivity contribution in [3.8, 4) is 11.6 Å². The van der Waals surface area contributed by atoms with Gasteiger partial charge in [-0.25, -0.2) is 23.7 Å². The van der Waals surface area contributed by atoms with Gasteiger partial charge in [0.2, 0.25) is 5.88 Å². The van der Waals surface area contributed by atoms with E-state index in [1.807, 2.05) is 24.5 Å². The highest BCUT2D eigenvalue weighted by Crippen LogP contribution is 2.24. The van der Waals surface area contributed by atoms with Gasteiger partial charge < -0.3 is 10.1 Å². The topological polar surface area (TPSA) is 59.9 Å². The molecule has 0 aliphatic carbocycles. The molecule has 31 heavy (non-hydrogen) atoms. The summed E-state index contributed by atoms with van der Waals surface area (Å²) in [5.41, 5.74) is 2.61. The summed E-state index contributed by atoms with van der Waals surface area (Å²) in [5, 5.41) is 3.91. The molecule has 8 heteroatoms. The van der Waals surface area contributed by atoms with Gasteiger partial charge in [-0.15, -0.1) is 0 Å². The molecule has 1 N–H and O–H groups in total. The predicted molar refractivity (Wildman–Crippen MR) is 117 cm³/mol. The summed E-state index contributed by atoms with van der Waals surface area (Å²) in [6.45, 7) is 0. The van der Waals surface area contributed by atoms with Crippen LogP contribution in [-0.4, -0.2) is 21.2 Å². The first-order valence-electron chi connectivity index (χ1n) is 9.40. The van der Waals surface area contributed by atoms with Crippen LogP contribution in [0.25, 0.3) is 0 Å². The molecule has 4 rings (SSSR count). The molecule has 0 radical (unpaired) electrons. The van der Waals surface area contributed by atoms with Gasteiger partial charge in [-0.05, 0) is 54.3 Å². The van der Waals surface area contributed by atoms with Gasteiger partial charge in [-0.1, -0.05) is 23.9 Å². The van der Waals surface area contributed by atoms with Crippen LogP contribution in [0.3, 0.4) is 0 Å². The largest absolute Gasteiger partial charge is 0.439 e. The summed E-state index contributed by atoms with van der Waals surface area (Å²) in [6.07, 6.45) is 3.59. The molecule has 5 nitrogen and oxygen atoms in total. The lowest BCUT2D eigenvalue weighted by Crippen LogP contribution is -2.01. The molecule has 0 fully saturated rings. The fraction of sp³-hybridized carbons (Fsp3) is 0.0870. The lowest BCUT2D eigenvalue weighted by atomic mass is 10.1. The van der Waals surface area contributed by atoms with Gasteiger partial charge in [0.15, 0.2) is 5.16 Å². The molecule has 2 aromatic heterocycles. The molecule has 2 heterocycles. The molecule has 2 aromatic carbocycles. The molecule has 0 spiro atoms. The van der Waals surface area contributed by atoms with Gasteiger partial charge in [0.1, 0.15) is 23.2 Å². The second-order valence-corrected chi connectivity index (χ2v) is 7.37. The molecule has 0 aliphatic rings. The normalized spacial score (nSPS) is 10.7. The molecule has 0 atom stereocenters. The Kier molecular flexibility index (Phi) is 6.37. The molecule has 0 bridgehead atoms. The number of pyridine rings is 1. The zero-order chi connectivity index (χ0) is 21.6. The molecular formula is C23H18F2N4OS. The van der Waals surface area contributed by atoms with Crippen LogP contribution in [0.5, 0.6) is 11.6 Å². The first-order valence-corrected chi connectivity index (χ1v) is 10.6. The van der Waals surface area contributed by atoms with Gasteiger partial charge in [0.25, 0.3) is 0 Å². The van der Waals surface area contributed by atoms with Crippen molar-refractivity contribution < 1.29 is 13.5 Å². The van der Waals surface area contributed by atoms with Gasteiger partial charge in [0, 0.05) is 24.2 Å². The number of hydrogen-bond acceptors (Lipinski definition) is 6. The first-order chi connectivity index (χ1) is 15.1. The molecule has 156 valence electrons. The summed E-state index contributed by atoms with van der Waals surface area (Å²) in [4.78, 5) is 12.9. The number of thioether (sulfide) groups is 1. The maximum atomic E-state index is 13.2. The average molecular weight is 436 g/mol. The highest BCUT2D eigenvalue weighted by molar-refractivity contribution is 7.98. The van der Waals surface area contributed by atoms with Crippen molar-refractivity contribution in [1.82, 2.24) is 15.0 Å². The zero-order valence-electron chi connectivity index (χ0n) is 16.5. The Bertz CT molecular complexity index is 1150. The van der Waals surface area contributed by atoms with Gasteiger partial charge in [0.05, 0.1) is 11.9 Å². The van der Waals surface area contributed by atoms with Crippen molar-refractivity contribution in [2.75, 3.05) is 11.6 Å². The highest BCUT2D eigenvalue weighted by Gasteiger charge is 2.07. The SMILES string of the molecule is CSc1nc(Cc2ccc(F)cc2)cc(Nc2ccc(Oc3ccc(F)cn3)cc2)n1. The maximum absolute atomic E-state index is 13.2. The third-order valence-corrected chi connectivity index (χ3v) is 4.84. The van der Waals surface area contributed by atoms with Crippen LogP contribution in [0, 0.1) is 11.6 Å². The van der Waals surface area contributed by atoms with Crippen molar-refractivity contribution >= 4 is 23.3 Å². The first kappa shape index (κ1) is 20.7. The Labute approximate surface area is 182 Å². The molecule has 0 saturated heterocycles. The van der Waals surface area contributed by atoms with Crippen LogP contribution in [0.2, 0.25) is 0 Å². The second kappa shape index (κ2) is 9.53. The Morgan fingerprint density at radius 3 is 2.32 bits per heavy atom. The van der Waals surface area contributed by atoms with E-state index in [0.29, 0.717) is 29.0 Å². The van der Waals surface area contributed by atoms with E-state index >= 15 is 0 Å². The minimum atomic E-state index is -0.417. The number of aromatic nitrogens is 3. The van der Waals surface area contributed by atoms with Crippen LogP contribution < -0.4 is 10.1 Å². The van der Waals surface area contributed by atoms with Crippen molar-refractivity contribution in [2.24, 2.45) is 0 Å². The number of halogens is 2. The maximum Gasteiger partial charge on any atom is 0.219 e. The molecule has 0 aliphatic heterocycles. The summed E-state index contributed by atoms with van der Waals surface area (Å²) < 4.78 is 31.7. The van der Waals surface area contributed by atoms with Crippen molar-refractivity contribution in [3.05, 3.63) is 95.8 Å². The molecule has 4 aromatic rings. The summed E-state index contributed by atoms with van der Waals surface area (Å²) in [6, 6.07) is 18.3. The van der Waals surface area contributed by atoms with E-state index in [4.69, 9.17) is 4.74 Å². The second-order valence-electron chi connectivity index (χ2n) is 6.60. The van der Waals surface area contributed by atoms with Crippen molar-refractivity contribution in [1.29, 1.82) is 0 Å². The van der Waals surface area contributed by atoms with E-state index in [-0.39, 0.29) is 5.82 Å². The molecule has 0 unspecified atom stereocenters. The van der Waals surface area contributed by atoms with Crippen LogP contribution in [-0.2, 0) is 6.42 Å². The average Bonchev–Trinajstić information content (AvgIpc) is 2.78. The Balaban J connectivity index is 1.47. The van der Waals surface area contributed by atoms with Crippen LogP contribution in [0.4, 0.5) is 20.3 Å². The number of rotatable bonds is 7. The molecule has 0 amide bonds. The van der Waals surface area contributed by atoms with E-state index < -0.39 is 5.82 Å². The summed E-state index contributed by atoms with van der Waals surface area (Å²) in [5.74, 6) is 0.869. The predicted octanol–water partition coefficient (Wildman–Crippen LogP) is 6.00. The number of benzene rings is 2. The Morgan fingerprint density at radius 2 is 1.65 bits per heavy atom. The Hall–Kier alpha value is -3.52. The monoisotopic (exact) mass is 436 g/mol. The Morgan fingerprint density at radius 1 is 0.903 bits per heavy atom. The van der Waals surface area contributed by atoms with E-state index in [1.165, 1.54) is 36.0 Å². The van der Waals surface area contributed by atoms with Crippen LogP contribution >= 0.6 is 11.8 Å². The van der Waals surface area contributed by atoms with E-state index in [0.717, 1.165) is 23.1 Å². The fourth-order valence-electron chi connectivity index (χ4n) is 2.83. The summed E-state index contributed by atoms with van der Waals surface area (Å²) in [7, 11) is 0. The van der Waals surface area contributed by atoms with E-state index in [2.05, 4.69) is 20.3 Å². The van der Waals surface area contributed by atoms with Crippen LogP contribution in [0.1, 0.15) is 11.3 Å². The smallest absolute Gasteiger partial charge is 0.219 e. The third kappa shape index (κ3) is 5.76. The highest BCUT2D eigenvalue weighted by atomic mass is 32.2. The van der Waals surface area contributed by atoms with Gasteiger partial charge in [-0.3, -0.25) is 0 Å². The van der Waals surface area contributed by atoms with Crippen molar-refractivity contribution in [3.63, 3.8) is 0 Å². The standard InChI is InChI=1S/C23H18F2N4OS/c1-31-23-28-19(12-15-2-4-16(24)5-3-15)13-21(29-23)27-18-7-9-20(10-8-18)30-22-11-6-17(25)14-26-22/h2-11,13-14H,12H2,1H3,(H,27,28,29). The summed E-state index contributed by atoms with van der Waals surface area (Å²) >= 11 is 1.45. The van der Waals surface area contributed by atoms with Crippen LogP contribution in [0.15, 0.2) is 78.1 Å². The fourth-order valence-corrected chi connectivity index (χ4v) is 3.23. The molecular weight excluding hydrogens is 418 g/mol. The number of hydrogen-bond donors (Lipinski definition) is 1. The van der Waals surface area contributed by atoms with E-state index in [9.17, 15) is 8.78 Å². The van der Waals surface area contributed by atoms with Gasteiger partial charge >= 0.3 is 0 Å². The van der Waals surface area contributed by atoms with Crippen molar-refractivity contribution in [2.45, 2.75) is 11.6 Å². The number of ether oxygens (including phenoxy) is 1. The number of nitrogens with zero attached hydrogens (tertiary/aromatic N) is 3. The minimum Gasteiger partial charge on any atom is -0.439 e. The van der Waals surface area contributed by atoms with Gasteiger partial charge in [-0.2, -0.15) is 0 Å². The number of nitrogens with one attached hydrogen (secondary N) is 1. The zero-order valence-corrected chi connectivity index (χ0v) is 17.4. The third-order valence-electron chi connectivity index (χ3n) is 4.29. The lowest BCUT2D eigenvalue weighted by Gasteiger charge is -2.10.